The summed E-state index contributed by atoms with van der Waals surface area (Å²) in [7, 11) is 4.73. The lowest BCUT2D eigenvalue weighted by Crippen LogP contribution is -2.25. The van der Waals surface area contributed by atoms with Gasteiger partial charge in [-0.05, 0) is 18.6 Å². The van der Waals surface area contributed by atoms with Crippen LogP contribution in [0.15, 0.2) is 12.1 Å². The van der Waals surface area contributed by atoms with Crippen LogP contribution in [0, 0.1) is 0 Å². The van der Waals surface area contributed by atoms with Gasteiger partial charge in [0.05, 0.1) is 27.9 Å². The molecule has 0 saturated carbocycles. The molecule has 1 aliphatic heterocycles. The van der Waals surface area contributed by atoms with Crippen molar-refractivity contribution in [2.75, 3.05) is 34.5 Å². The van der Waals surface area contributed by atoms with Gasteiger partial charge < -0.3 is 14.2 Å². The van der Waals surface area contributed by atoms with Gasteiger partial charge in [0, 0.05) is 12.1 Å². The first-order valence-electron chi connectivity index (χ1n) is 5.96. The molecule has 104 valence electrons. The predicted molar refractivity (Wildman–Crippen MR) is 75.1 cm³/mol. The second-order valence-corrected chi connectivity index (χ2v) is 4.39. The van der Waals surface area contributed by atoms with E-state index in [1.54, 1.807) is 26.4 Å². The lowest BCUT2D eigenvalue weighted by Gasteiger charge is -2.19. The third-order valence-electron chi connectivity index (χ3n) is 2.89. The highest BCUT2D eigenvalue weighted by atomic mass is 32.1. The first kappa shape index (κ1) is 13.9. The number of thiocarbonyl (C=S) groups is 1. The number of hydroxylamine groups is 2. The van der Waals surface area contributed by atoms with E-state index in [0.29, 0.717) is 28.8 Å². The van der Waals surface area contributed by atoms with Crippen LogP contribution in [0.25, 0.3) is 0 Å². The summed E-state index contributed by atoms with van der Waals surface area (Å²) in [6, 6.07) is 3.65. The summed E-state index contributed by atoms with van der Waals surface area (Å²) in [6.07, 6.45) is 0.977. The van der Waals surface area contributed by atoms with Gasteiger partial charge in [-0.25, -0.2) is 5.06 Å². The van der Waals surface area contributed by atoms with Crippen LogP contribution in [-0.4, -0.2) is 44.5 Å². The number of methoxy groups -OCH3 is 3. The molecule has 1 saturated heterocycles. The fourth-order valence-corrected chi connectivity index (χ4v) is 2.22. The Morgan fingerprint density at radius 2 is 1.79 bits per heavy atom. The summed E-state index contributed by atoms with van der Waals surface area (Å²) < 4.78 is 15.9. The van der Waals surface area contributed by atoms with E-state index < -0.39 is 0 Å². The largest absolute Gasteiger partial charge is 0.493 e. The molecule has 2 rings (SSSR count). The number of rotatable bonds is 4. The lowest BCUT2D eigenvalue weighted by molar-refractivity contribution is -0.0408. The summed E-state index contributed by atoms with van der Waals surface area (Å²) in [6.45, 7) is 1.50. The summed E-state index contributed by atoms with van der Waals surface area (Å²) in [4.78, 5) is 6.07. The number of hydrogen-bond donors (Lipinski definition) is 0. The molecule has 0 radical (unpaired) electrons. The molecule has 0 bridgehead atoms. The quantitative estimate of drug-likeness (QED) is 0.787. The Kier molecular flexibility index (Phi) is 4.44. The maximum atomic E-state index is 5.45. The standard InChI is InChI=1S/C13H17NO4S/c1-15-10-7-9(8-11(16-2)12(10)17-3)13(19)14-5-4-6-18-14/h7-8H,4-6H2,1-3H3. The van der Waals surface area contributed by atoms with Crippen LogP contribution in [0.3, 0.4) is 0 Å². The highest BCUT2D eigenvalue weighted by Crippen LogP contribution is 2.38. The summed E-state index contributed by atoms with van der Waals surface area (Å²) in [5.41, 5.74) is 0.811. The molecule has 1 heterocycles. The first-order valence-corrected chi connectivity index (χ1v) is 6.37. The van der Waals surface area contributed by atoms with Gasteiger partial charge in [-0.1, -0.05) is 12.2 Å². The average molecular weight is 283 g/mol. The average Bonchev–Trinajstić information content (AvgIpc) is 2.98. The predicted octanol–water partition coefficient (Wildman–Crippen LogP) is 2.03. The van der Waals surface area contributed by atoms with Gasteiger partial charge in [-0.2, -0.15) is 0 Å². The van der Waals surface area contributed by atoms with Gasteiger partial charge in [0.1, 0.15) is 4.99 Å². The molecule has 0 unspecified atom stereocenters. The van der Waals surface area contributed by atoms with Gasteiger partial charge in [-0.15, -0.1) is 0 Å². The minimum atomic E-state index is 0.555. The van der Waals surface area contributed by atoms with E-state index in [1.165, 1.54) is 0 Å². The Hall–Kier alpha value is -1.53. The van der Waals surface area contributed by atoms with Crippen molar-refractivity contribution in [3.8, 4) is 17.2 Å². The molecule has 1 aromatic carbocycles. The van der Waals surface area contributed by atoms with Crippen molar-refractivity contribution in [3.63, 3.8) is 0 Å². The van der Waals surface area contributed by atoms with Crippen molar-refractivity contribution in [2.24, 2.45) is 0 Å². The molecule has 0 amide bonds. The topological polar surface area (TPSA) is 40.2 Å². The van der Waals surface area contributed by atoms with Gasteiger partial charge in [0.25, 0.3) is 0 Å². The zero-order valence-electron chi connectivity index (χ0n) is 11.3. The third kappa shape index (κ3) is 2.74. The van der Waals surface area contributed by atoms with Gasteiger partial charge in [0.15, 0.2) is 11.5 Å². The van der Waals surface area contributed by atoms with Crippen molar-refractivity contribution in [3.05, 3.63) is 17.7 Å². The smallest absolute Gasteiger partial charge is 0.203 e. The zero-order valence-corrected chi connectivity index (χ0v) is 12.1. The molecule has 0 spiro atoms. The van der Waals surface area contributed by atoms with Crippen molar-refractivity contribution in [1.29, 1.82) is 0 Å². The maximum Gasteiger partial charge on any atom is 0.203 e. The van der Waals surface area contributed by atoms with Crippen molar-refractivity contribution >= 4 is 17.2 Å². The lowest BCUT2D eigenvalue weighted by atomic mass is 10.1. The van der Waals surface area contributed by atoms with E-state index in [4.69, 9.17) is 31.3 Å². The van der Waals surface area contributed by atoms with Gasteiger partial charge in [-0.3, -0.25) is 4.84 Å². The maximum absolute atomic E-state index is 5.45. The van der Waals surface area contributed by atoms with E-state index in [1.807, 2.05) is 12.1 Å². The Balaban J connectivity index is 2.37. The molecule has 1 fully saturated rings. The van der Waals surface area contributed by atoms with Crippen LogP contribution in [0.4, 0.5) is 0 Å². The van der Waals surface area contributed by atoms with Crippen LogP contribution in [-0.2, 0) is 4.84 Å². The van der Waals surface area contributed by atoms with E-state index in [2.05, 4.69) is 0 Å². The molecule has 5 nitrogen and oxygen atoms in total. The minimum Gasteiger partial charge on any atom is -0.493 e. The molecule has 6 heteroatoms. The highest BCUT2D eigenvalue weighted by molar-refractivity contribution is 7.80. The monoisotopic (exact) mass is 283 g/mol. The van der Waals surface area contributed by atoms with Crippen molar-refractivity contribution in [1.82, 2.24) is 5.06 Å². The molecule has 0 aliphatic carbocycles. The summed E-state index contributed by atoms with van der Waals surface area (Å²) >= 11 is 5.42. The molecule has 0 atom stereocenters. The van der Waals surface area contributed by atoms with Gasteiger partial charge >= 0.3 is 0 Å². The van der Waals surface area contributed by atoms with Crippen LogP contribution in [0.1, 0.15) is 12.0 Å². The molecular weight excluding hydrogens is 266 g/mol. The third-order valence-corrected chi connectivity index (χ3v) is 3.33. The highest BCUT2D eigenvalue weighted by Gasteiger charge is 2.21. The summed E-state index contributed by atoms with van der Waals surface area (Å²) in [5, 5.41) is 1.72. The Bertz CT molecular complexity index is 447. The van der Waals surface area contributed by atoms with Crippen molar-refractivity contribution < 1.29 is 19.0 Å². The SMILES string of the molecule is COc1cc(C(=S)N2CCCO2)cc(OC)c1OC. The van der Waals surface area contributed by atoms with Crippen LogP contribution >= 0.6 is 12.2 Å². The minimum absolute atomic E-state index is 0.555. The Morgan fingerprint density at radius 3 is 2.21 bits per heavy atom. The number of nitrogens with zero attached hydrogens (tertiary/aromatic N) is 1. The van der Waals surface area contributed by atoms with E-state index in [0.717, 1.165) is 18.5 Å². The molecular formula is C13H17NO4S. The summed E-state index contributed by atoms with van der Waals surface area (Å²) in [5.74, 6) is 1.72. The normalized spacial score (nSPS) is 14.4. The van der Waals surface area contributed by atoms with E-state index >= 15 is 0 Å². The van der Waals surface area contributed by atoms with Gasteiger partial charge in [0.2, 0.25) is 5.75 Å². The van der Waals surface area contributed by atoms with E-state index in [9.17, 15) is 0 Å². The molecule has 0 N–H and O–H groups in total. The molecule has 0 aromatic heterocycles. The zero-order chi connectivity index (χ0) is 13.8. The number of benzene rings is 1. The van der Waals surface area contributed by atoms with E-state index in [-0.39, 0.29) is 0 Å². The van der Waals surface area contributed by atoms with Crippen LogP contribution < -0.4 is 14.2 Å². The fraction of sp³-hybridized carbons (Fsp3) is 0.462. The Labute approximate surface area is 118 Å². The first-order chi connectivity index (χ1) is 9.21. The number of hydrogen-bond acceptors (Lipinski definition) is 5. The van der Waals surface area contributed by atoms with Crippen molar-refractivity contribution in [2.45, 2.75) is 6.42 Å². The second-order valence-electron chi connectivity index (χ2n) is 4.01. The second kappa shape index (κ2) is 6.08. The van der Waals surface area contributed by atoms with Crippen LogP contribution in [0.2, 0.25) is 0 Å². The number of ether oxygens (including phenoxy) is 3. The molecule has 19 heavy (non-hydrogen) atoms. The van der Waals surface area contributed by atoms with Crippen LogP contribution in [0.5, 0.6) is 17.2 Å². The fourth-order valence-electron chi connectivity index (χ4n) is 1.96. The Morgan fingerprint density at radius 1 is 1.16 bits per heavy atom. The molecule has 1 aromatic rings. The molecule has 1 aliphatic rings.